The highest BCUT2D eigenvalue weighted by molar-refractivity contribution is 9.10. The first-order valence-electron chi connectivity index (χ1n) is 7.20. The molecule has 0 fully saturated rings. The zero-order valence-electron chi connectivity index (χ0n) is 11.8. The molecule has 21 heavy (non-hydrogen) atoms. The molecular weight excluding hydrogens is 320 g/mol. The predicted molar refractivity (Wildman–Crippen MR) is 93.7 cm³/mol. The van der Waals surface area contributed by atoms with E-state index in [2.05, 4.69) is 89.6 Å². The average molecular weight is 335 g/mol. The molecule has 0 aliphatic heterocycles. The van der Waals surface area contributed by atoms with Crippen LogP contribution in [0.4, 0.5) is 0 Å². The highest BCUT2D eigenvalue weighted by Gasteiger charge is 2.21. The van der Waals surface area contributed by atoms with Crippen molar-refractivity contribution >= 4 is 32.8 Å². The molecule has 0 aromatic heterocycles. The maximum atomic E-state index is 3.84. The van der Waals surface area contributed by atoms with Gasteiger partial charge in [-0.1, -0.05) is 66.7 Å². The fraction of sp³-hybridized carbons (Fsp3) is 0.100. The van der Waals surface area contributed by atoms with Crippen molar-refractivity contribution in [2.45, 2.75) is 12.8 Å². The number of allylic oxidation sites excluding steroid dienone is 1. The Morgan fingerprint density at radius 1 is 0.810 bits per heavy atom. The molecule has 0 saturated heterocycles. The third kappa shape index (κ3) is 1.96. The summed E-state index contributed by atoms with van der Waals surface area (Å²) in [6, 6.07) is 19.6. The summed E-state index contributed by atoms with van der Waals surface area (Å²) >= 11 is 3.84. The van der Waals surface area contributed by atoms with Crippen LogP contribution in [0.3, 0.4) is 0 Å². The van der Waals surface area contributed by atoms with Gasteiger partial charge in [-0.3, -0.25) is 0 Å². The normalized spacial score (nSPS) is 16.4. The Morgan fingerprint density at radius 3 is 2.57 bits per heavy atom. The smallest absolute Gasteiger partial charge is 0.0295 e. The lowest BCUT2D eigenvalue weighted by Crippen LogP contribution is -1.97. The molecule has 1 aliphatic rings. The van der Waals surface area contributed by atoms with E-state index >= 15 is 0 Å². The molecule has 0 saturated carbocycles. The number of hydrogen-bond acceptors (Lipinski definition) is 0. The van der Waals surface area contributed by atoms with Crippen molar-refractivity contribution in [1.29, 1.82) is 0 Å². The van der Waals surface area contributed by atoms with Crippen molar-refractivity contribution in [2.24, 2.45) is 0 Å². The maximum absolute atomic E-state index is 3.84. The number of benzene rings is 3. The van der Waals surface area contributed by atoms with E-state index in [1.165, 1.54) is 37.5 Å². The van der Waals surface area contributed by atoms with E-state index in [4.69, 9.17) is 0 Å². The van der Waals surface area contributed by atoms with Crippen LogP contribution in [0.2, 0.25) is 0 Å². The standard InChI is InChI=1S/C20H15Br/c1-13-5-4-8-18-15(13)11-12-19(20(18)21)17-10-9-14-6-2-3-7-16(14)17/h2-12,17H,1H3. The summed E-state index contributed by atoms with van der Waals surface area (Å²) in [4.78, 5) is 0. The van der Waals surface area contributed by atoms with Gasteiger partial charge in [-0.2, -0.15) is 0 Å². The molecule has 4 rings (SSSR count). The molecule has 1 heteroatoms. The second kappa shape index (κ2) is 4.85. The summed E-state index contributed by atoms with van der Waals surface area (Å²) in [5.74, 6) is 0.348. The molecule has 0 N–H and O–H groups in total. The second-order valence-electron chi connectivity index (χ2n) is 5.60. The van der Waals surface area contributed by atoms with Gasteiger partial charge in [0.2, 0.25) is 0 Å². The average Bonchev–Trinajstić information content (AvgIpc) is 2.93. The first kappa shape index (κ1) is 12.8. The van der Waals surface area contributed by atoms with E-state index in [0.29, 0.717) is 5.92 Å². The molecule has 3 aromatic carbocycles. The molecular formula is C20H15Br. The van der Waals surface area contributed by atoms with Crippen LogP contribution in [0.15, 0.2) is 65.1 Å². The van der Waals surface area contributed by atoms with Crippen molar-refractivity contribution in [2.75, 3.05) is 0 Å². The van der Waals surface area contributed by atoms with Crippen LogP contribution in [-0.4, -0.2) is 0 Å². The summed E-state index contributed by atoms with van der Waals surface area (Å²) in [7, 11) is 0. The highest BCUT2D eigenvalue weighted by atomic mass is 79.9. The lowest BCUT2D eigenvalue weighted by Gasteiger charge is -2.16. The zero-order valence-corrected chi connectivity index (χ0v) is 13.4. The summed E-state index contributed by atoms with van der Waals surface area (Å²) in [6.07, 6.45) is 4.53. The van der Waals surface area contributed by atoms with Crippen LogP contribution < -0.4 is 0 Å². The van der Waals surface area contributed by atoms with Crippen LogP contribution in [0.25, 0.3) is 16.8 Å². The molecule has 0 heterocycles. The second-order valence-corrected chi connectivity index (χ2v) is 6.40. The molecule has 3 aromatic rings. The first-order chi connectivity index (χ1) is 10.3. The fourth-order valence-corrected chi connectivity index (χ4v) is 3.98. The Labute approximate surface area is 133 Å². The molecule has 0 nitrogen and oxygen atoms in total. The van der Waals surface area contributed by atoms with Gasteiger partial charge in [-0.25, -0.2) is 0 Å². The quantitative estimate of drug-likeness (QED) is 0.506. The van der Waals surface area contributed by atoms with Crippen LogP contribution in [-0.2, 0) is 0 Å². The summed E-state index contributed by atoms with van der Waals surface area (Å²) in [5, 5.41) is 2.62. The molecule has 1 aliphatic carbocycles. The minimum atomic E-state index is 0.348. The molecule has 102 valence electrons. The van der Waals surface area contributed by atoms with Gasteiger partial charge in [0.15, 0.2) is 0 Å². The first-order valence-corrected chi connectivity index (χ1v) is 8.00. The van der Waals surface area contributed by atoms with Crippen molar-refractivity contribution in [3.63, 3.8) is 0 Å². The van der Waals surface area contributed by atoms with Gasteiger partial charge in [-0.15, -0.1) is 0 Å². The van der Waals surface area contributed by atoms with Crippen LogP contribution >= 0.6 is 15.9 Å². The predicted octanol–water partition coefficient (Wildman–Crippen LogP) is 6.07. The van der Waals surface area contributed by atoms with Crippen molar-refractivity contribution < 1.29 is 0 Å². The maximum Gasteiger partial charge on any atom is 0.0295 e. The Hall–Kier alpha value is -1.86. The lowest BCUT2D eigenvalue weighted by atomic mass is 9.91. The van der Waals surface area contributed by atoms with Crippen molar-refractivity contribution in [1.82, 2.24) is 0 Å². The third-order valence-corrected chi connectivity index (χ3v) is 5.26. The van der Waals surface area contributed by atoms with Crippen LogP contribution in [0.5, 0.6) is 0 Å². The van der Waals surface area contributed by atoms with Gasteiger partial charge in [0.25, 0.3) is 0 Å². The van der Waals surface area contributed by atoms with Crippen LogP contribution in [0, 0.1) is 6.92 Å². The molecule has 0 bridgehead atoms. The van der Waals surface area contributed by atoms with Gasteiger partial charge in [-0.05, 0) is 55.9 Å². The van der Waals surface area contributed by atoms with Gasteiger partial charge < -0.3 is 0 Å². The minimum Gasteiger partial charge on any atom is -0.0720 e. The number of rotatable bonds is 1. The van der Waals surface area contributed by atoms with Gasteiger partial charge in [0, 0.05) is 10.4 Å². The Morgan fingerprint density at radius 2 is 1.67 bits per heavy atom. The molecule has 0 spiro atoms. The molecule has 0 radical (unpaired) electrons. The summed E-state index contributed by atoms with van der Waals surface area (Å²) in [5.41, 5.74) is 5.39. The van der Waals surface area contributed by atoms with Crippen LogP contribution in [0.1, 0.15) is 28.2 Å². The van der Waals surface area contributed by atoms with E-state index in [-0.39, 0.29) is 0 Å². The minimum absolute atomic E-state index is 0.348. The van der Waals surface area contributed by atoms with E-state index in [1.54, 1.807) is 0 Å². The van der Waals surface area contributed by atoms with E-state index in [9.17, 15) is 0 Å². The topological polar surface area (TPSA) is 0 Å². The summed E-state index contributed by atoms with van der Waals surface area (Å²) < 4.78 is 1.22. The molecule has 0 amide bonds. The number of fused-ring (bicyclic) bond motifs is 2. The number of halogens is 1. The van der Waals surface area contributed by atoms with E-state index < -0.39 is 0 Å². The molecule has 1 atom stereocenters. The van der Waals surface area contributed by atoms with Gasteiger partial charge in [0.05, 0.1) is 0 Å². The summed E-state index contributed by atoms with van der Waals surface area (Å²) in [6.45, 7) is 2.17. The van der Waals surface area contributed by atoms with E-state index in [1.807, 2.05) is 0 Å². The largest absolute Gasteiger partial charge is 0.0720 e. The van der Waals surface area contributed by atoms with Gasteiger partial charge >= 0.3 is 0 Å². The Balaban J connectivity index is 1.93. The van der Waals surface area contributed by atoms with Gasteiger partial charge in [0.1, 0.15) is 0 Å². The molecule has 1 unspecified atom stereocenters. The monoisotopic (exact) mass is 334 g/mol. The fourth-order valence-electron chi connectivity index (χ4n) is 3.26. The van der Waals surface area contributed by atoms with Crippen molar-refractivity contribution in [3.8, 4) is 0 Å². The Bertz CT molecular complexity index is 874. The zero-order chi connectivity index (χ0) is 14.4. The SMILES string of the molecule is Cc1cccc2c(Br)c(C3C=Cc4ccccc43)ccc12. The number of hydrogen-bond donors (Lipinski definition) is 0. The highest BCUT2D eigenvalue weighted by Crippen LogP contribution is 2.41. The van der Waals surface area contributed by atoms with E-state index in [0.717, 1.165) is 0 Å². The third-order valence-electron chi connectivity index (χ3n) is 4.38. The lowest BCUT2D eigenvalue weighted by molar-refractivity contribution is 1.04. The number of aryl methyl sites for hydroxylation is 1. The Kier molecular flexibility index (Phi) is 2.97. The van der Waals surface area contributed by atoms with Crippen molar-refractivity contribution in [3.05, 3.63) is 87.4 Å².